The third kappa shape index (κ3) is 7.03. The SMILES string of the molecule is CCCCCCNC(N)=NCCCN1CCCC1=O. The summed E-state index contributed by atoms with van der Waals surface area (Å²) in [5.41, 5.74) is 5.77. The fourth-order valence-electron chi connectivity index (χ4n) is 2.23. The van der Waals surface area contributed by atoms with Gasteiger partial charge in [0.05, 0.1) is 0 Å². The van der Waals surface area contributed by atoms with Crippen molar-refractivity contribution in [2.24, 2.45) is 10.7 Å². The summed E-state index contributed by atoms with van der Waals surface area (Å²) >= 11 is 0. The van der Waals surface area contributed by atoms with E-state index in [0.29, 0.717) is 18.9 Å². The lowest BCUT2D eigenvalue weighted by Crippen LogP contribution is -2.33. The molecule has 1 heterocycles. The van der Waals surface area contributed by atoms with Crippen LogP contribution >= 0.6 is 0 Å². The van der Waals surface area contributed by atoms with Gasteiger partial charge in [-0.25, -0.2) is 0 Å². The summed E-state index contributed by atoms with van der Waals surface area (Å²) in [6, 6.07) is 0. The summed E-state index contributed by atoms with van der Waals surface area (Å²) in [6.07, 6.45) is 7.53. The number of guanidine groups is 1. The Labute approximate surface area is 116 Å². The summed E-state index contributed by atoms with van der Waals surface area (Å²) in [7, 11) is 0. The van der Waals surface area contributed by atoms with Crippen molar-refractivity contribution in [1.29, 1.82) is 0 Å². The Kier molecular flexibility index (Phi) is 8.02. The molecule has 0 aromatic rings. The lowest BCUT2D eigenvalue weighted by molar-refractivity contribution is -0.127. The number of rotatable bonds is 9. The highest BCUT2D eigenvalue weighted by Crippen LogP contribution is 2.09. The average Bonchev–Trinajstić information content (AvgIpc) is 2.80. The minimum atomic E-state index is 0.283. The third-order valence-electron chi connectivity index (χ3n) is 3.38. The van der Waals surface area contributed by atoms with E-state index >= 15 is 0 Å². The van der Waals surface area contributed by atoms with E-state index in [9.17, 15) is 4.79 Å². The number of likely N-dealkylation sites (tertiary alicyclic amines) is 1. The molecule has 0 aliphatic carbocycles. The molecule has 1 fully saturated rings. The van der Waals surface area contributed by atoms with Crippen LogP contribution in [0.1, 0.15) is 51.9 Å². The minimum Gasteiger partial charge on any atom is -0.370 e. The van der Waals surface area contributed by atoms with Gasteiger partial charge in [0, 0.05) is 32.6 Å². The predicted molar refractivity (Wildman–Crippen MR) is 79.1 cm³/mol. The molecular formula is C14H28N4O. The molecule has 1 saturated heterocycles. The van der Waals surface area contributed by atoms with E-state index in [1.807, 2.05) is 4.90 Å². The molecule has 5 nitrogen and oxygen atoms in total. The fraction of sp³-hybridized carbons (Fsp3) is 0.857. The topological polar surface area (TPSA) is 70.7 Å². The van der Waals surface area contributed by atoms with E-state index in [0.717, 1.165) is 38.9 Å². The zero-order valence-electron chi connectivity index (χ0n) is 12.2. The second-order valence-electron chi connectivity index (χ2n) is 5.09. The monoisotopic (exact) mass is 268 g/mol. The van der Waals surface area contributed by atoms with Gasteiger partial charge in [0.15, 0.2) is 5.96 Å². The van der Waals surface area contributed by atoms with Crippen LogP contribution in [-0.4, -0.2) is 42.9 Å². The molecule has 1 aliphatic rings. The molecule has 0 aromatic carbocycles. The van der Waals surface area contributed by atoms with E-state index in [2.05, 4.69) is 17.2 Å². The van der Waals surface area contributed by atoms with Crippen molar-refractivity contribution in [2.45, 2.75) is 51.9 Å². The molecule has 19 heavy (non-hydrogen) atoms. The molecule has 0 atom stereocenters. The smallest absolute Gasteiger partial charge is 0.222 e. The third-order valence-corrected chi connectivity index (χ3v) is 3.38. The van der Waals surface area contributed by atoms with Crippen LogP contribution in [0.3, 0.4) is 0 Å². The average molecular weight is 268 g/mol. The summed E-state index contributed by atoms with van der Waals surface area (Å²) in [4.78, 5) is 17.6. The van der Waals surface area contributed by atoms with E-state index in [1.54, 1.807) is 0 Å². The van der Waals surface area contributed by atoms with Crippen LogP contribution in [-0.2, 0) is 4.79 Å². The molecule has 1 amide bonds. The van der Waals surface area contributed by atoms with E-state index in [-0.39, 0.29) is 5.91 Å². The first-order chi connectivity index (χ1) is 9.24. The number of hydrogen-bond donors (Lipinski definition) is 2. The Hall–Kier alpha value is -1.26. The number of carbonyl (C=O) groups is 1. The van der Waals surface area contributed by atoms with E-state index in [4.69, 9.17) is 5.73 Å². The molecule has 3 N–H and O–H groups in total. The molecule has 1 rings (SSSR count). The maximum Gasteiger partial charge on any atom is 0.222 e. The van der Waals surface area contributed by atoms with Crippen LogP contribution in [0, 0.1) is 0 Å². The molecule has 0 bridgehead atoms. The van der Waals surface area contributed by atoms with Gasteiger partial charge in [-0.15, -0.1) is 0 Å². The zero-order chi connectivity index (χ0) is 13.9. The minimum absolute atomic E-state index is 0.283. The number of nitrogens with zero attached hydrogens (tertiary/aromatic N) is 2. The predicted octanol–water partition coefficient (Wildman–Crippen LogP) is 1.48. The Morgan fingerprint density at radius 2 is 2.21 bits per heavy atom. The molecule has 0 aromatic heterocycles. The van der Waals surface area contributed by atoms with Crippen molar-refractivity contribution in [3.05, 3.63) is 0 Å². The van der Waals surface area contributed by atoms with Gasteiger partial charge in [0.2, 0.25) is 5.91 Å². The number of nitrogens with two attached hydrogens (primary N) is 1. The molecule has 110 valence electrons. The number of carbonyl (C=O) groups excluding carboxylic acids is 1. The lowest BCUT2D eigenvalue weighted by atomic mass is 10.2. The number of nitrogens with one attached hydrogen (secondary N) is 1. The number of aliphatic imine (C=N–C) groups is 1. The van der Waals surface area contributed by atoms with Gasteiger partial charge in [-0.1, -0.05) is 26.2 Å². The van der Waals surface area contributed by atoms with Gasteiger partial charge >= 0.3 is 0 Å². The normalized spacial score (nSPS) is 16.2. The summed E-state index contributed by atoms with van der Waals surface area (Å²) in [6.45, 7) is 5.52. The largest absolute Gasteiger partial charge is 0.370 e. The van der Waals surface area contributed by atoms with Crippen LogP contribution < -0.4 is 11.1 Å². The highest BCUT2D eigenvalue weighted by atomic mass is 16.2. The Bertz CT molecular complexity index is 291. The maximum atomic E-state index is 11.4. The molecule has 1 aliphatic heterocycles. The van der Waals surface area contributed by atoms with Crippen molar-refractivity contribution in [2.75, 3.05) is 26.2 Å². The first-order valence-electron chi connectivity index (χ1n) is 7.55. The van der Waals surface area contributed by atoms with Crippen LogP contribution in [0.25, 0.3) is 0 Å². The molecule has 0 radical (unpaired) electrons. The first kappa shape index (κ1) is 15.8. The van der Waals surface area contributed by atoms with Gasteiger partial charge in [0.25, 0.3) is 0 Å². The maximum absolute atomic E-state index is 11.4. The Morgan fingerprint density at radius 1 is 1.37 bits per heavy atom. The molecule has 0 spiro atoms. The highest BCUT2D eigenvalue weighted by molar-refractivity contribution is 5.78. The van der Waals surface area contributed by atoms with Gasteiger partial charge in [-0.3, -0.25) is 9.79 Å². The van der Waals surface area contributed by atoms with Crippen molar-refractivity contribution in [3.63, 3.8) is 0 Å². The zero-order valence-corrected chi connectivity index (χ0v) is 12.2. The Morgan fingerprint density at radius 3 is 2.89 bits per heavy atom. The fourth-order valence-corrected chi connectivity index (χ4v) is 2.23. The quantitative estimate of drug-likeness (QED) is 0.378. The second-order valence-corrected chi connectivity index (χ2v) is 5.09. The summed E-state index contributed by atoms with van der Waals surface area (Å²) < 4.78 is 0. The standard InChI is InChI=1S/C14H28N4O/c1-2-3-4-5-9-16-14(15)17-10-7-12-18-11-6-8-13(18)19/h2-12H2,1H3,(H3,15,16,17). The highest BCUT2D eigenvalue weighted by Gasteiger charge is 2.18. The van der Waals surface area contributed by atoms with Gasteiger partial charge in [-0.2, -0.15) is 0 Å². The van der Waals surface area contributed by atoms with Gasteiger partial charge in [-0.05, 0) is 19.3 Å². The van der Waals surface area contributed by atoms with Crippen LogP contribution in [0.2, 0.25) is 0 Å². The van der Waals surface area contributed by atoms with Crippen LogP contribution in [0.15, 0.2) is 4.99 Å². The van der Waals surface area contributed by atoms with Crippen molar-refractivity contribution in [3.8, 4) is 0 Å². The van der Waals surface area contributed by atoms with Crippen LogP contribution in [0.5, 0.6) is 0 Å². The number of amides is 1. The van der Waals surface area contributed by atoms with Gasteiger partial charge in [0.1, 0.15) is 0 Å². The first-order valence-corrected chi connectivity index (χ1v) is 7.55. The number of unbranched alkanes of at least 4 members (excludes halogenated alkanes) is 3. The second kappa shape index (κ2) is 9.64. The molecule has 0 saturated carbocycles. The van der Waals surface area contributed by atoms with E-state index in [1.165, 1.54) is 19.3 Å². The van der Waals surface area contributed by atoms with Crippen LogP contribution in [0.4, 0.5) is 0 Å². The summed E-state index contributed by atoms with van der Waals surface area (Å²) in [5.74, 6) is 0.815. The van der Waals surface area contributed by atoms with Crippen molar-refractivity contribution < 1.29 is 4.79 Å². The summed E-state index contributed by atoms with van der Waals surface area (Å²) in [5, 5.41) is 3.13. The molecule has 5 heteroatoms. The lowest BCUT2D eigenvalue weighted by Gasteiger charge is -2.14. The van der Waals surface area contributed by atoms with Gasteiger partial charge < -0.3 is 16.0 Å². The van der Waals surface area contributed by atoms with Crippen molar-refractivity contribution in [1.82, 2.24) is 10.2 Å². The molecular weight excluding hydrogens is 240 g/mol. The van der Waals surface area contributed by atoms with E-state index < -0.39 is 0 Å². The van der Waals surface area contributed by atoms with Crippen molar-refractivity contribution >= 4 is 11.9 Å². The molecule has 0 unspecified atom stereocenters. The Balaban J connectivity index is 1.99. The number of hydrogen-bond acceptors (Lipinski definition) is 2.